The Morgan fingerprint density at radius 3 is 3.00 bits per heavy atom. The van der Waals surface area contributed by atoms with Crippen molar-refractivity contribution in [2.75, 3.05) is 13.2 Å². The molecule has 1 fully saturated rings. The van der Waals surface area contributed by atoms with Crippen LogP contribution in [0, 0.1) is 0 Å². The van der Waals surface area contributed by atoms with Crippen LogP contribution in [0.5, 0.6) is 5.75 Å². The maximum atomic E-state index is 5.63. The Kier molecular flexibility index (Phi) is 5.02. The zero-order chi connectivity index (χ0) is 12.8. The molecule has 0 saturated carbocycles. The van der Waals surface area contributed by atoms with E-state index in [4.69, 9.17) is 9.47 Å². The summed E-state index contributed by atoms with van der Waals surface area (Å²) in [6.07, 6.45) is 2.57. The van der Waals surface area contributed by atoms with Gasteiger partial charge in [-0.25, -0.2) is 0 Å². The van der Waals surface area contributed by atoms with E-state index in [0.29, 0.717) is 18.8 Å². The van der Waals surface area contributed by atoms with Gasteiger partial charge in [0.05, 0.1) is 12.7 Å². The molecule has 0 radical (unpaired) electrons. The third-order valence-corrected chi connectivity index (χ3v) is 3.34. The molecule has 1 aliphatic rings. The van der Waals surface area contributed by atoms with E-state index in [2.05, 4.69) is 24.4 Å². The Balaban J connectivity index is 1.89. The second-order valence-corrected chi connectivity index (χ2v) is 4.82. The van der Waals surface area contributed by atoms with Gasteiger partial charge in [0, 0.05) is 24.8 Å². The lowest BCUT2D eigenvalue weighted by Gasteiger charge is -2.28. The molecule has 1 aromatic rings. The number of rotatable bonds is 5. The number of ether oxygens (including phenoxy) is 2. The normalized spacial score (nSPS) is 23.9. The van der Waals surface area contributed by atoms with Crippen LogP contribution in [0.2, 0.25) is 0 Å². The van der Waals surface area contributed by atoms with Gasteiger partial charge < -0.3 is 14.8 Å². The summed E-state index contributed by atoms with van der Waals surface area (Å²) in [5, 5.41) is 3.61. The molecular weight excluding hydrogens is 226 g/mol. The SMILES string of the molecule is CCOc1ccccc1CNC1CCOC(C)C1. The van der Waals surface area contributed by atoms with E-state index in [-0.39, 0.29) is 0 Å². The molecular formula is C15H23NO2. The maximum Gasteiger partial charge on any atom is 0.123 e. The van der Waals surface area contributed by atoms with Crippen LogP contribution >= 0.6 is 0 Å². The van der Waals surface area contributed by atoms with Crippen LogP contribution < -0.4 is 10.1 Å². The number of nitrogens with one attached hydrogen (secondary N) is 1. The van der Waals surface area contributed by atoms with Crippen molar-refractivity contribution in [3.05, 3.63) is 29.8 Å². The number of para-hydroxylation sites is 1. The molecule has 0 spiro atoms. The standard InChI is InChI=1S/C15H23NO2/c1-3-17-15-7-5-4-6-13(15)11-16-14-8-9-18-12(2)10-14/h4-7,12,14,16H,3,8-11H2,1-2H3. The molecule has 18 heavy (non-hydrogen) atoms. The average Bonchev–Trinajstić information content (AvgIpc) is 2.38. The van der Waals surface area contributed by atoms with Crippen LogP contribution in [0.15, 0.2) is 24.3 Å². The monoisotopic (exact) mass is 249 g/mol. The fourth-order valence-electron chi connectivity index (χ4n) is 2.38. The van der Waals surface area contributed by atoms with Gasteiger partial charge in [-0.1, -0.05) is 18.2 Å². The van der Waals surface area contributed by atoms with E-state index in [1.165, 1.54) is 5.56 Å². The summed E-state index contributed by atoms with van der Waals surface area (Å²) in [6.45, 7) is 6.61. The van der Waals surface area contributed by atoms with Gasteiger partial charge in [0.2, 0.25) is 0 Å². The van der Waals surface area contributed by atoms with E-state index >= 15 is 0 Å². The van der Waals surface area contributed by atoms with Crippen LogP contribution in [-0.2, 0) is 11.3 Å². The quantitative estimate of drug-likeness (QED) is 0.870. The van der Waals surface area contributed by atoms with Gasteiger partial charge in [0.1, 0.15) is 5.75 Å². The highest BCUT2D eigenvalue weighted by Crippen LogP contribution is 2.19. The number of benzene rings is 1. The molecule has 2 rings (SSSR count). The first kappa shape index (κ1) is 13.4. The first-order valence-electron chi connectivity index (χ1n) is 6.85. The molecule has 3 nitrogen and oxygen atoms in total. The third-order valence-electron chi connectivity index (χ3n) is 3.34. The van der Waals surface area contributed by atoms with Crippen LogP contribution in [0.3, 0.4) is 0 Å². The largest absolute Gasteiger partial charge is 0.494 e. The molecule has 1 heterocycles. The fraction of sp³-hybridized carbons (Fsp3) is 0.600. The van der Waals surface area contributed by atoms with Crippen molar-refractivity contribution in [2.24, 2.45) is 0 Å². The van der Waals surface area contributed by atoms with Gasteiger partial charge in [-0.2, -0.15) is 0 Å². The molecule has 100 valence electrons. The predicted molar refractivity (Wildman–Crippen MR) is 72.9 cm³/mol. The third kappa shape index (κ3) is 3.72. The summed E-state index contributed by atoms with van der Waals surface area (Å²) in [7, 11) is 0. The molecule has 2 atom stereocenters. The lowest BCUT2D eigenvalue weighted by molar-refractivity contribution is 0.0130. The molecule has 1 N–H and O–H groups in total. The molecule has 1 aliphatic heterocycles. The van der Waals surface area contributed by atoms with Crippen LogP contribution in [-0.4, -0.2) is 25.4 Å². The number of hydrogen-bond acceptors (Lipinski definition) is 3. The molecule has 0 aromatic heterocycles. The van der Waals surface area contributed by atoms with Gasteiger partial charge >= 0.3 is 0 Å². The van der Waals surface area contributed by atoms with E-state index in [1.807, 2.05) is 19.1 Å². The Labute approximate surface area is 109 Å². The lowest BCUT2D eigenvalue weighted by Crippen LogP contribution is -2.37. The molecule has 3 heteroatoms. The summed E-state index contributed by atoms with van der Waals surface area (Å²) in [5.74, 6) is 0.993. The smallest absolute Gasteiger partial charge is 0.123 e. The van der Waals surface area contributed by atoms with Crippen molar-refractivity contribution >= 4 is 0 Å². The minimum absolute atomic E-state index is 0.374. The van der Waals surface area contributed by atoms with Gasteiger partial charge in [-0.05, 0) is 32.8 Å². The summed E-state index contributed by atoms with van der Waals surface area (Å²) in [6, 6.07) is 8.80. The van der Waals surface area contributed by atoms with E-state index in [0.717, 1.165) is 31.7 Å². The van der Waals surface area contributed by atoms with Gasteiger partial charge in [-0.3, -0.25) is 0 Å². The van der Waals surface area contributed by atoms with Crippen molar-refractivity contribution in [3.63, 3.8) is 0 Å². The minimum atomic E-state index is 0.374. The highest BCUT2D eigenvalue weighted by Gasteiger charge is 2.18. The summed E-state index contributed by atoms with van der Waals surface area (Å²) in [4.78, 5) is 0. The first-order chi connectivity index (χ1) is 8.79. The second-order valence-electron chi connectivity index (χ2n) is 4.82. The van der Waals surface area contributed by atoms with Gasteiger partial charge in [0.15, 0.2) is 0 Å². The van der Waals surface area contributed by atoms with Crippen molar-refractivity contribution in [2.45, 2.75) is 45.4 Å². The zero-order valence-electron chi connectivity index (χ0n) is 11.3. The average molecular weight is 249 g/mol. The van der Waals surface area contributed by atoms with Gasteiger partial charge in [0.25, 0.3) is 0 Å². The Hall–Kier alpha value is -1.06. The summed E-state index contributed by atoms with van der Waals surface area (Å²) < 4.78 is 11.2. The summed E-state index contributed by atoms with van der Waals surface area (Å²) in [5.41, 5.74) is 1.23. The molecule has 0 bridgehead atoms. The highest BCUT2D eigenvalue weighted by atomic mass is 16.5. The fourth-order valence-corrected chi connectivity index (χ4v) is 2.38. The predicted octanol–water partition coefficient (Wildman–Crippen LogP) is 2.74. The van der Waals surface area contributed by atoms with Gasteiger partial charge in [-0.15, -0.1) is 0 Å². The molecule has 0 amide bonds. The van der Waals surface area contributed by atoms with Crippen molar-refractivity contribution in [3.8, 4) is 5.75 Å². The highest BCUT2D eigenvalue weighted by molar-refractivity contribution is 5.33. The van der Waals surface area contributed by atoms with Crippen LogP contribution in [0.1, 0.15) is 32.3 Å². The maximum absolute atomic E-state index is 5.63. The number of hydrogen-bond donors (Lipinski definition) is 1. The summed E-state index contributed by atoms with van der Waals surface area (Å²) >= 11 is 0. The van der Waals surface area contributed by atoms with Crippen molar-refractivity contribution in [1.29, 1.82) is 0 Å². The molecule has 2 unspecified atom stereocenters. The van der Waals surface area contributed by atoms with Crippen molar-refractivity contribution < 1.29 is 9.47 Å². The molecule has 1 saturated heterocycles. The first-order valence-corrected chi connectivity index (χ1v) is 6.85. The zero-order valence-corrected chi connectivity index (χ0v) is 11.3. The van der Waals surface area contributed by atoms with E-state index in [9.17, 15) is 0 Å². The Morgan fingerprint density at radius 1 is 1.39 bits per heavy atom. The van der Waals surface area contributed by atoms with E-state index < -0.39 is 0 Å². The topological polar surface area (TPSA) is 30.5 Å². The van der Waals surface area contributed by atoms with Crippen LogP contribution in [0.25, 0.3) is 0 Å². The lowest BCUT2D eigenvalue weighted by atomic mass is 10.0. The van der Waals surface area contributed by atoms with E-state index in [1.54, 1.807) is 0 Å². The minimum Gasteiger partial charge on any atom is -0.494 e. The second kappa shape index (κ2) is 6.76. The molecule has 1 aromatic carbocycles. The Bertz CT molecular complexity index is 367. The van der Waals surface area contributed by atoms with Crippen LogP contribution in [0.4, 0.5) is 0 Å². The Morgan fingerprint density at radius 2 is 2.22 bits per heavy atom. The van der Waals surface area contributed by atoms with Crippen molar-refractivity contribution in [1.82, 2.24) is 5.32 Å². The molecule has 0 aliphatic carbocycles.